The number of carbonyl (C=O) groups is 3. The van der Waals surface area contributed by atoms with Crippen molar-refractivity contribution in [3.05, 3.63) is 33.8 Å². The highest BCUT2D eigenvalue weighted by molar-refractivity contribution is 6.36. The predicted octanol–water partition coefficient (Wildman–Crippen LogP) is -1.30. The number of quaternary nitrogens is 1. The highest BCUT2D eigenvalue weighted by Crippen LogP contribution is 2.20. The summed E-state index contributed by atoms with van der Waals surface area (Å²) in [5.74, 6) is -1.27. The molecule has 0 saturated carbocycles. The molecule has 26 heavy (non-hydrogen) atoms. The number of hydrazine groups is 1. The molecule has 2 rings (SSSR count). The van der Waals surface area contributed by atoms with Gasteiger partial charge in [-0.05, 0) is 18.2 Å². The normalized spacial score (nSPS) is 15.3. The molecule has 1 aliphatic heterocycles. The summed E-state index contributed by atoms with van der Waals surface area (Å²) in [7, 11) is 2.10. The number of likely N-dealkylation sites (N-methyl/N-ethyl adjacent to an activating group) is 1. The molecule has 0 bridgehead atoms. The Morgan fingerprint density at radius 1 is 1.08 bits per heavy atom. The Hall–Kier alpha value is -1.87. The molecule has 1 aromatic carbocycles. The first-order valence-electron chi connectivity index (χ1n) is 8.21. The second-order valence-corrected chi connectivity index (χ2v) is 6.91. The van der Waals surface area contributed by atoms with Crippen LogP contribution in [0.3, 0.4) is 0 Å². The van der Waals surface area contributed by atoms with Crippen LogP contribution in [0.25, 0.3) is 0 Å². The molecule has 3 amide bonds. The lowest BCUT2D eigenvalue weighted by Gasteiger charge is -2.30. The van der Waals surface area contributed by atoms with Crippen LogP contribution >= 0.6 is 23.2 Å². The van der Waals surface area contributed by atoms with Crippen LogP contribution in [0.5, 0.6) is 0 Å². The maximum Gasteiger partial charge on any atom is 0.253 e. The lowest BCUT2D eigenvalue weighted by Crippen LogP contribution is -3.12. The first kappa shape index (κ1) is 20.4. The number of nitrogens with one attached hydrogen (secondary N) is 4. The van der Waals surface area contributed by atoms with Gasteiger partial charge < -0.3 is 15.5 Å². The first-order chi connectivity index (χ1) is 12.3. The smallest absolute Gasteiger partial charge is 0.253 e. The number of amides is 3. The van der Waals surface area contributed by atoms with Crippen molar-refractivity contribution < 1.29 is 19.3 Å². The molecule has 8 nitrogen and oxygen atoms in total. The maximum atomic E-state index is 12.0. The van der Waals surface area contributed by atoms with Gasteiger partial charge in [0.05, 0.1) is 56.9 Å². The number of halogens is 2. The Balaban J connectivity index is 1.68. The Labute approximate surface area is 161 Å². The number of carbonyl (C=O) groups excluding carboxylic acids is 3. The van der Waals surface area contributed by atoms with Gasteiger partial charge in [0.15, 0.2) is 0 Å². The van der Waals surface area contributed by atoms with Crippen molar-refractivity contribution in [1.29, 1.82) is 0 Å². The molecule has 0 aromatic heterocycles. The molecule has 0 unspecified atom stereocenters. The van der Waals surface area contributed by atoms with E-state index in [1.807, 2.05) is 5.01 Å². The quantitative estimate of drug-likeness (QED) is 0.475. The van der Waals surface area contributed by atoms with Crippen LogP contribution < -0.4 is 21.0 Å². The molecule has 142 valence electrons. The summed E-state index contributed by atoms with van der Waals surface area (Å²) < 4.78 is 0. The van der Waals surface area contributed by atoms with Gasteiger partial charge in [0.2, 0.25) is 5.91 Å². The zero-order chi connectivity index (χ0) is 19.1. The summed E-state index contributed by atoms with van der Waals surface area (Å²) in [6.45, 7) is 3.02. The van der Waals surface area contributed by atoms with Crippen molar-refractivity contribution in [2.75, 3.05) is 46.3 Å². The number of piperazine rings is 1. The minimum atomic E-state index is -0.494. The molecule has 1 fully saturated rings. The third-order valence-electron chi connectivity index (χ3n) is 3.93. The van der Waals surface area contributed by atoms with Gasteiger partial charge in [-0.15, -0.1) is 0 Å². The highest BCUT2D eigenvalue weighted by atomic mass is 35.5. The molecule has 10 heteroatoms. The van der Waals surface area contributed by atoms with Crippen LogP contribution in [0.1, 0.15) is 10.4 Å². The van der Waals surface area contributed by atoms with Gasteiger partial charge in [-0.1, -0.05) is 23.2 Å². The van der Waals surface area contributed by atoms with Gasteiger partial charge in [-0.25, -0.2) is 5.01 Å². The molecule has 1 aromatic rings. The largest absolute Gasteiger partial charge is 0.345 e. The van der Waals surface area contributed by atoms with E-state index >= 15 is 0 Å². The first-order valence-corrected chi connectivity index (χ1v) is 8.96. The molecule has 0 aliphatic carbocycles. The summed E-state index contributed by atoms with van der Waals surface area (Å²) in [6.07, 6.45) is 0. The van der Waals surface area contributed by atoms with Gasteiger partial charge >= 0.3 is 0 Å². The monoisotopic (exact) mass is 402 g/mol. The van der Waals surface area contributed by atoms with E-state index in [1.165, 1.54) is 23.1 Å². The molecule has 0 atom stereocenters. The fourth-order valence-corrected chi connectivity index (χ4v) is 2.88. The summed E-state index contributed by atoms with van der Waals surface area (Å²) in [4.78, 5) is 37.0. The Morgan fingerprint density at radius 2 is 1.73 bits per heavy atom. The molecule has 1 saturated heterocycles. The van der Waals surface area contributed by atoms with Crippen LogP contribution in [0.4, 0.5) is 0 Å². The molecule has 0 spiro atoms. The van der Waals surface area contributed by atoms with Crippen molar-refractivity contribution in [2.24, 2.45) is 0 Å². The van der Waals surface area contributed by atoms with Crippen molar-refractivity contribution in [3.8, 4) is 0 Å². The predicted molar refractivity (Wildman–Crippen MR) is 98.1 cm³/mol. The van der Waals surface area contributed by atoms with Crippen molar-refractivity contribution in [1.82, 2.24) is 21.1 Å². The van der Waals surface area contributed by atoms with E-state index in [9.17, 15) is 14.4 Å². The summed E-state index contributed by atoms with van der Waals surface area (Å²) in [5, 5.41) is 7.36. The van der Waals surface area contributed by atoms with Crippen LogP contribution in [0.15, 0.2) is 18.2 Å². The van der Waals surface area contributed by atoms with E-state index < -0.39 is 11.8 Å². The van der Waals surface area contributed by atoms with E-state index in [2.05, 4.69) is 23.1 Å². The van der Waals surface area contributed by atoms with E-state index in [0.717, 1.165) is 26.2 Å². The summed E-state index contributed by atoms with van der Waals surface area (Å²) in [6, 6.07) is 4.46. The van der Waals surface area contributed by atoms with E-state index in [-0.39, 0.29) is 29.6 Å². The Kier molecular flexibility index (Phi) is 7.65. The molecular weight excluding hydrogens is 381 g/mol. The third kappa shape index (κ3) is 6.45. The van der Waals surface area contributed by atoms with Crippen LogP contribution in [0.2, 0.25) is 10.0 Å². The SMILES string of the molecule is C[NH+]1CCN(NC(=O)CNC(=O)CNC(=O)c2ccc(Cl)cc2Cl)CC1. The molecule has 4 N–H and O–H groups in total. The zero-order valence-electron chi connectivity index (χ0n) is 14.4. The number of nitrogens with zero attached hydrogens (tertiary/aromatic N) is 1. The van der Waals surface area contributed by atoms with Gasteiger partial charge in [-0.2, -0.15) is 0 Å². The van der Waals surface area contributed by atoms with Gasteiger partial charge in [0.25, 0.3) is 11.8 Å². The van der Waals surface area contributed by atoms with Crippen molar-refractivity contribution in [3.63, 3.8) is 0 Å². The zero-order valence-corrected chi connectivity index (χ0v) is 15.9. The Bertz CT molecular complexity index is 678. The van der Waals surface area contributed by atoms with Gasteiger partial charge in [0, 0.05) is 5.02 Å². The molecule has 1 heterocycles. The average molecular weight is 403 g/mol. The maximum absolute atomic E-state index is 12.0. The minimum absolute atomic E-state index is 0.157. The fraction of sp³-hybridized carbons (Fsp3) is 0.438. The minimum Gasteiger partial charge on any atom is -0.345 e. The number of hydrogen-bond acceptors (Lipinski definition) is 4. The number of rotatable bonds is 6. The van der Waals surface area contributed by atoms with Crippen LogP contribution in [0, 0.1) is 0 Å². The standard InChI is InChI=1S/C16H21Cl2N5O3/c1-22-4-6-23(7-5-22)21-15(25)10-19-14(24)9-20-16(26)12-3-2-11(17)8-13(12)18/h2-3,8H,4-7,9-10H2,1H3,(H,19,24)(H,20,26)(H,21,25)/p+1. The van der Waals surface area contributed by atoms with E-state index in [1.54, 1.807) is 0 Å². The topological polar surface area (TPSA) is 95.0 Å². The van der Waals surface area contributed by atoms with Crippen LogP contribution in [-0.2, 0) is 9.59 Å². The second kappa shape index (κ2) is 9.72. The number of hydrogen-bond donors (Lipinski definition) is 4. The average Bonchev–Trinajstić information content (AvgIpc) is 2.60. The van der Waals surface area contributed by atoms with Crippen LogP contribution in [-0.4, -0.2) is 69.0 Å². The second-order valence-electron chi connectivity index (χ2n) is 6.06. The summed E-state index contributed by atoms with van der Waals surface area (Å²) >= 11 is 11.7. The third-order valence-corrected chi connectivity index (χ3v) is 4.48. The van der Waals surface area contributed by atoms with Crippen molar-refractivity contribution >= 4 is 40.9 Å². The summed E-state index contributed by atoms with van der Waals surface area (Å²) in [5.41, 5.74) is 2.97. The van der Waals surface area contributed by atoms with Crippen molar-refractivity contribution in [2.45, 2.75) is 0 Å². The van der Waals surface area contributed by atoms with E-state index in [4.69, 9.17) is 23.2 Å². The molecular formula is C16H22Cl2N5O3+. The molecule has 1 aliphatic rings. The number of benzene rings is 1. The lowest BCUT2D eigenvalue weighted by atomic mass is 10.2. The lowest BCUT2D eigenvalue weighted by molar-refractivity contribution is -0.884. The van der Waals surface area contributed by atoms with Gasteiger partial charge in [-0.3, -0.25) is 19.8 Å². The Morgan fingerprint density at radius 3 is 2.38 bits per heavy atom. The fourth-order valence-electron chi connectivity index (χ4n) is 2.39. The molecule has 0 radical (unpaired) electrons. The van der Waals surface area contributed by atoms with E-state index in [0.29, 0.717) is 5.02 Å². The van der Waals surface area contributed by atoms with Gasteiger partial charge in [0.1, 0.15) is 0 Å². The highest BCUT2D eigenvalue weighted by Gasteiger charge is 2.18.